The normalized spacial score (nSPS) is 47.8. The van der Waals surface area contributed by atoms with Gasteiger partial charge in [-0.1, -0.05) is 0 Å². The van der Waals surface area contributed by atoms with E-state index in [2.05, 4.69) is 22.6 Å². The van der Waals surface area contributed by atoms with Crippen LogP contribution in [0.1, 0.15) is 19.8 Å². The lowest BCUT2D eigenvalue weighted by molar-refractivity contribution is -0.121. The van der Waals surface area contributed by atoms with Gasteiger partial charge in [0, 0.05) is 12.6 Å². The summed E-state index contributed by atoms with van der Waals surface area (Å²) in [4.78, 5) is 13.8. The summed E-state index contributed by atoms with van der Waals surface area (Å²) >= 11 is 0. The summed E-state index contributed by atoms with van der Waals surface area (Å²) in [5.41, 5.74) is 0. The number of Topliss-reactive ketones (excluding diaryl/α,β-unsaturated/α-hetero) is 1. The second-order valence-corrected chi connectivity index (χ2v) is 5.57. The van der Waals surface area contributed by atoms with Crippen LogP contribution in [0, 0.1) is 11.8 Å². The van der Waals surface area contributed by atoms with Crippen molar-refractivity contribution in [2.24, 2.45) is 11.8 Å². The van der Waals surface area contributed by atoms with E-state index in [4.69, 9.17) is 0 Å². The monoisotopic (exact) mass is 223 g/mol. The van der Waals surface area contributed by atoms with Crippen molar-refractivity contribution in [1.82, 2.24) is 15.5 Å². The number of nitrogens with one attached hydrogen (secondary N) is 2. The molecule has 3 fully saturated rings. The lowest BCUT2D eigenvalue weighted by atomic mass is 9.83. The molecule has 0 spiro atoms. The molecule has 0 amide bonds. The number of likely N-dealkylation sites (tertiary alicyclic amines) is 1. The van der Waals surface area contributed by atoms with Crippen molar-refractivity contribution >= 4 is 5.78 Å². The summed E-state index contributed by atoms with van der Waals surface area (Å²) in [5, 5.41) is 7.15. The molecule has 5 unspecified atom stereocenters. The molecule has 90 valence electrons. The molecule has 0 aliphatic carbocycles. The molecular weight excluding hydrogens is 202 g/mol. The molecule has 0 saturated carbocycles. The highest BCUT2D eigenvalue weighted by Gasteiger charge is 2.52. The zero-order valence-electron chi connectivity index (χ0n) is 10.1. The van der Waals surface area contributed by atoms with Crippen LogP contribution < -0.4 is 10.6 Å². The average molecular weight is 223 g/mol. The van der Waals surface area contributed by atoms with Gasteiger partial charge in [-0.3, -0.25) is 15.0 Å². The van der Waals surface area contributed by atoms with Crippen LogP contribution in [0.4, 0.5) is 0 Å². The molecule has 0 aromatic rings. The van der Waals surface area contributed by atoms with Gasteiger partial charge in [0.25, 0.3) is 0 Å². The van der Waals surface area contributed by atoms with Crippen LogP contribution in [0.25, 0.3) is 0 Å². The van der Waals surface area contributed by atoms with Crippen molar-refractivity contribution in [3.05, 3.63) is 0 Å². The van der Waals surface area contributed by atoms with Crippen molar-refractivity contribution < 1.29 is 4.79 Å². The number of carbonyl (C=O) groups is 1. The van der Waals surface area contributed by atoms with E-state index in [9.17, 15) is 4.79 Å². The van der Waals surface area contributed by atoms with Crippen molar-refractivity contribution in [3.63, 3.8) is 0 Å². The Bertz CT molecular complexity index is 307. The Balaban J connectivity index is 1.79. The van der Waals surface area contributed by atoms with Crippen LogP contribution in [-0.2, 0) is 4.79 Å². The van der Waals surface area contributed by atoms with Gasteiger partial charge in [0.2, 0.25) is 0 Å². The van der Waals surface area contributed by atoms with E-state index in [-0.39, 0.29) is 6.04 Å². The van der Waals surface area contributed by atoms with Crippen LogP contribution in [0.3, 0.4) is 0 Å². The van der Waals surface area contributed by atoms with E-state index < -0.39 is 0 Å². The molecule has 4 nitrogen and oxygen atoms in total. The Labute approximate surface area is 96.8 Å². The Morgan fingerprint density at radius 2 is 2.19 bits per heavy atom. The predicted molar refractivity (Wildman–Crippen MR) is 62.0 cm³/mol. The molecule has 2 N–H and O–H groups in total. The van der Waals surface area contributed by atoms with E-state index in [0.717, 1.165) is 25.4 Å². The summed E-state index contributed by atoms with van der Waals surface area (Å²) in [6, 6.07) is 0.775. The third kappa shape index (κ3) is 1.44. The van der Waals surface area contributed by atoms with Crippen LogP contribution in [-0.4, -0.2) is 49.1 Å². The molecule has 3 aliphatic heterocycles. The molecule has 0 aromatic heterocycles. The Kier molecular flexibility index (Phi) is 2.53. The number of hydrogen-bond acceptors (Lipinski definition) is 4. The molecule has 0 radical (unpaired) electrons. The van der Waals surface area contributed by atoms with Gasteiger partial charge in [-0.2, -0.15) is 0 Å². The first kappa shape index (κ1) is 10.7. The highest BCUT2D eigenvalue weighted by atomic mass is 16.1. The molecule has 3 aliphatic rings. The Hall–Kier alpha value is -0.450. The summed E-state index contributed by atoms with van der Waals surface area (Å²) in [7, 11) is 2.09. The molecule has 5 atom stereocenters. The predicted octanol–water partition coefficient (Wildman–Crippen LogP) is -0.197. The minimum absolute atomic E-state index is 0.151. The second-order valence-electron chi connectivity index (χ2n) is 5.57. The number of rotatable bonds is 1. The highest BCUT2D eigenvalue weighted by molar-refractivity contribution is 5.81. The maximum Gasteiger partial charge on any atom is 0.146 e. The lowest BCUT2D eigenvalue weighted by Crippen LogP contribution is -2.49. The lowest BCUT2D eigenvalue weighted by Gasteiger charge is -2.29. The Morgan fingerprint density at radius 3 is 2.94 bits per heavy atom. The van der Waals surface area contributed by atoms with Crippen LogP contribution >= 0.6 is 0 Å². The smallest absolute Gasteiger partial charge is 0.146 e. The maximum atomic E-state index is 11.6. The number of carbonyl (C=O) groups excluding carboxylic acids is 1. The van der Waals surface area contributed by atoms with Gasteiger partial charge in [0.1, 0.15) is 5.78 Å². The van der Waals surface area contributed by atoms with Crippen molar-refractivity contribution in [1.29, 1.82) is 0 Å². The Morgan fingerprint density at radius 1 is 1.38 bits per heavy atom. The number of ketones is 1. The zero-order valence-corrected chi connectivity index (χ0v) is 10.1. The molecule has 4 heteroatoms. The third-order valence-electron chi connectivity index (χ3n) is 4.77. The molecule has 0 aromatic carbocycles. The summed E-state index contributed by atoms with van der Waals surface area (Å²) in [6.45, 7) is 3.96. The third-order valence-corrected chi connectivity index (χ3v) is 4.77. The molecule has 16 heavy (non-hydrogen) atoms. The quantitative estimate of drug-likeness (QED) is 0.646. The van der Waals surface area contributed by atoms with Gasteiger partial charge in [-0.05, 0) is 45.2 Å². The largest absolute Gasteiger partial charge is 0.315 e. The molecule has 3 heterocycles. The summed E-state index contributed by atoms with van der Waals surface area (Å²) in [6.07, 6.45) is 2.76. The molecule has 3 rings (SSSR count). The number of hydrogen-bond donors (Lipinski definition) is 2. The fourth-order valence-corrected chi connectivity index (χ4v) is 3.94. The standard InChI is InChI=1S/C12H21N3O/c1-7(16)11-5-9-8-3-4-13-6-10(8)14-12(9)15(11)2/h8-14H,3-6H2,1-2H3. The van der Waals surface area contributed by atoms with Gasteiger partial charge < -0.3 is 5.32 Å². The summed E-state index contributed by atoms with van der Waals surface area (Å²) in [5.74, 6) is 1.79. The van der Waals surface area contributed by atoms with Crippen molar-refractivity contribution in [2.75, 3.05) is 20.1 Å². The highest BCUT2D eigenvalue weighted by Crippen LogP contribution is 2.41. The number of piperidine rings is 1. The first-order valence-electron chi connectivity index (χ1n) is 6.37. The van der Waals surface area contributed by atoms with Crippen LogP contribution in [0.15, 0.2) is 0 Å². The van der Waals surface area contributed by atoms with Gasteiger partial charge >= 0.3 is 0 Å². The van der Waals surface area contributed by atoms with Crippen molar-refractivity contribution in [3.8, 4) is 0 Å². The van der Waals surface area contributed by atoms with E-state index in [0.29, 0.717) is 23.9 Å². The van der Waals surface area contributed by atoms with Gasteiger partial charge in [-0.25, -0.2) is 0 Å². The van der Waals surface area contributed by atoms with Gasteiger partial charge in [-0.15, -0.1) is 0 Å². The minimum atomic E-state index is 0.151. The fourth-order valence-electron chi connectivity index (χ4n) is 3.94. The number of likely N-dealkylation sites (N-methyl/N-ethyl adjacent to an activating group) is 1. The number of nitrogens with zero attached hydrogens (tertiary/aromatic N) is 1. The second kappa shape index (κ2) is 3.79. The van der Waals surface area contributed by atoms with E-state index in [1.807, 2.05) is 0 Å². The number of fused-ring (bicyclic) bond motifs is 3. The van der Waals surface area contributed by atoms with Gasteiger partial charge in [0.15, 0.2) is 0 Å². The maximum absolute atomic E-state index is 11.6. The minimum Gasteiger partial charge on any atom is -0.315 e. The molecule has 3 saturated heterocycles. The average Bonchev–Trinajstić information content (AvgIpc) is 2.76. The van der Waals surface area contributed by atoms with Crippen molar-refractivity contribution in [2.45, 2.75) is 38.0 Å². The summed E-state index contributed by atoms with van der Waals surface area (Å²) < 4.78 is 0. The zero-order chi connectivity index (χ0) is 11.3. The SMILES string of the molecule is CC(=O)C1CC2C3CCNCC3NC2N1C. The first-order valence-corrected chi connectivity index (χ1v) is 6.37. The topological polar surface area (TPSA) is 44.4 Å². The molecule has 0 bridgehead atoms. The van der Waals surface area contributed by atoms with Crippen LogP contribution in [0.5, 0.6) is 0 Å². The van der Waals surface area contributed by atoms with E-state index in [1.54, 1.807) is 6.92 Å². The van der Waals surface area contributed by atoms with E-state index >= 15 is 0 Å². The van der Waals surface area contributed by atoms with Crippen LogP contribution in [0.2, 0.25) is 0 Å². The van der Waals surface area contributed by atoms with Gasteiger partial charge in [0.05, 0.1) is 12.2 Å². The molecular formula is C12H21N3O. The first-order chi connectivity index (χ1) is 7.68. The van der Waals surface area contributed by atoms with E-state index in [1.165, 1.54) is 6.42 Å². The fraction of sp³-hybridized carbons (Fsp3) is 0.917.